The van der Waals surface area contributed by atoms with E-state index in [4.69, 9.17) is 18.4 Å². The van der Waals surface area contributed by atoms with Crippen LogP contribution in [0.15, 0.2) is 36.4 Å². The van der Waals surface area contributed by atoms with Gasteiger partial charge in [-0.15, -0.1) is 0 Å². The van der Waals surface area contributed by atoms with Crippen LogP contribution in [0.25, 0.3) is 32.1 Å². The Labute approximate surface area is 194 Å². The molecule has 10 heteroatoms. The first-order valence-electron chi connectivity index (χ1n) is 9.24. The second kappa shape index (κ2) is 9.55. The standard InChI is InChI=1S/C25H6F5N5/c1-34-19(11-33)13-5-6-15(16(7-13)12-3-4-14(9-31)18(26)8-12)17(10-32)20-21(27)23(29)25(35-2)24(30)22(20)28/h3-8H/b17-15+,19-13+. The summed E-state index contributed by atoms with van der Waals surface area (Å²) in [7, 11) is 0. The minimum absolute atomic E-state index is 0.00460. The van der Waals surface area contributed by atoms with Gasteiger partial charge in [0.1, 0.15) is 18.0 Å². The summed E-state index contributed by atoms with van der Waals surface area (Å²) in [5, 5.41) is 27.5. The molecule has 0 radical (unpaired) electrons. The van der Waals surface area contributed by atoms with E-state index >= 15 is 0 Å². The van der Waals surface area contributed by atoms with Crippen LogP contribution in [0.2, 0.25) is 0 Å². The first-order chi connectivity index (χ1) is 16.7. The lowest BCUT2D eigenvalue weighted by atomic mass is 9.94. The normalized spacial score (nSPS) is 11.8. The van der Waals surface area contributed by atoms with Crippen molar-refractivity contribution < 1.29 is 22.0 Å². The molecule has 0 atom stereocenters. The summed E-state index contributed by atoms with van der Waals surface area (Å²) < 4.78 is 72.4. The Morgan fingerprint density at radius 3 is 1.94 bits per heavy atom. The molecular weight excluding hydrogens is 465 g/mol. The Kier molecular flexibility index (Phi) is 6.59. The maximum Gasteiger partial charge on any atom is 0.268 e. The van der Waals surface area contributed by atoms with Gasteiger partial charge in [-0.1, -0.05) is 24.3 Å². The Morgan fingerprint density at radius 2 is 1.46 bits per heavy atom. The average molecular weight is 471 g/mol. The monoisotopic (exact) mass is 471 g/mol. The zero-order valence-electron chi connectivity index (χ0n) is 17.1. The molecule has 0 N–H and O–H groups in total. The van der Waals surface area contributed by atoms with E-state index in [1.807, 2.05) is 0 Å². The Morgan fingerprint density at radius 1 is 0.800 bits per heavy atom. The van der Waals surface area contributed by atoms with Gasteiger partial charge in [-0.3, -0.25) is 0 Å². The molecule has 0 heterocycles. The van der Waals surface area contributed by atoms with Crippen molar-refractivity contribution in [2.24, 2.45) is 0 Å². The highest BCUT2D eigenvalue weighted by Crippen LogP contribution is 2.33. The van der Waals surface area contributed by atoms with Crippen LogP contribution in [0.5, 0.6) is 0 Å². The first kappa shape index (κ1) is 24.1. The van der Waals surface area contributed by atoms with Crippen molar-refractivity contribution in [1.82, 2.24) is 0 Å². The minimum Gasteiger partial charge on any atom is -0.232 e. The van der Waals surface area contributed by atoms with Gasteiger partial charge < -0.3 is 0 Å². The largest absolute Gasteiger partial charge is 0.268 e. The smallest absolute Gasteiger partial charge is 0.232 e. The van der Waals surface area contributed by atoms with Crippen molar-refractivity contribution in [3.63, 3.8) is 0 Å². The highest BCUT2D eigenvalue weighted by atomic mass is 19.2. The minimum atomic E-state index is -2.00. The Balaban J connectivity index is 2.61. The number of hydrogen-bond donors (Lipinski definition) is 0. The van der Waals surface area contributed by atoms with E-state index in [-0.39, 0.29) is 27.1 Å². The topological polar surface area (TPSA) is 80.1 Å². The lowest BCUT2D eigenvalue weighted by molar-refractivity contribution is 0.457. The van der Waals surface area contributed by atoms with Gasteiger partial charge in [-0.05, 0) is 28.5 Å². The highest BCUT2D eigenvalue weighted by Gasteiger charge is 2.28. The van der Waals surface area contributed by atoms with E-state index in [0.717, 1.165) is 30.3 Å². The fraction of sp³-hybridized carbons (Fsp3) is 0. The summed E-state index contributed by atoms with van der Waals surface area (Å²) in [6, 6.07) is 11.3. The van der Waals surface area contributed by atoms with E-state index in [1.54, 1.807) is 12.1 Å². The third kappa shape index (κ3) is 4.03. The molecule has 0 unspecified atom stereocenters. The van der Waals surface area contributed by atoms with E-state index in [1.165, 1.54) is 12.1 Å². The molecule has 166 valence electrons. The van der Waals surface area contributed by atoms with Gasteiger partial charge in [-0.2, -0.15) is 10.5 Å². The maximum atomic E-state index is 14.7. The number of benzene rings is 3. The van der Waals surface area contributed by atoms with Crippen molar-refractivity contribution in [3.05, 3.63) is 110 Å². The lowest BCUT2D eigenvalue weighted by Gasteiger charge is -2.11. The first-order valence-corrected chi connectivity index (χ1v) is 9.24. The summed E-state index contributed by atoms with van der Waals surface area (Å²) >= 11 is 0. The number of nitrogens with zero attached hydrogens (tertiary/aromatic N) is 5. The second-order valence-electron chi connectivity index (χ2n) is 6.72. The Hall–Kier alpha value is -5.50. The lowest BCUT2D eigenvalue weighted by Crippen LogP contribution is -2.18. The summed E-state index contributed by atoms with van der Waals surface area (Å²) in [6.07, 6.45) is 0. The van der Waals surface area contributed by atoms with Crippen molar-refractivity contribution >= 4 is 17.0 Å². The van der Waals surface area contributed by atoms with Crippen LogP contribution in [0.4, 0.5) is 27.6 Å². The SMILES string of the molecule is [C-]#[N+]/C(C#N)=c1\cc/c(=C(/C#N)c2c(F)c(F)c([N+]#[C-])c(F)c2F)c(-c2ccc(C#N)c(F)c2)c1. The molecule has 3 aromatic rings. The molecule has 35 heavy (non-hydrogen) atoms. The number of hydrogen-bond acceptors (Lipinski definition) is 3. The maximum absolute atomic E-state index is 14.7. The van der Waals surface area contributed by atoms with Crippen molar-refractivity contribution in [3.8, 4) is 29.3 Å². The van der Waals surface area contributed by atoms with Crippen molar-refractivity contribution in [1.29, 1.82) is 15.8 Å². The zero-order chi connectivity index (χ0) is 25.9. The van der Waals surface area contributed by atoms with E-state index < -0.39 is 51.6 Å². The summed E-state index contributed by atoms with van der Waals surface area (Å²) in [5.74, 6) is -8.96. The fourth-order valence-corrected chi connectivity index (χ4v) is 3.26. The molecule has 0 fully saturated rings. The average Bonchev–Trinajstić information content (AvgIpc) is 2.86. The predicted octanol–water partition coefficient (Wildman–Crippen LogP) is 4.75. The molecule has 0 aliphatic rings. The highest BCUT2D eigenvalue weighted by molar-refractivity contribution is 5.83. The predicted molar refractivity (Wildman–Crippen MR) is 112 cm³/mol. The van der Waals surface area contributed by atoms with Gasteiger partial charge in [0, 0.05) is 5.22 Å². The summed E-state index contributed by atoms with van der Waals surface area (Å²) in [6.45, 7) is 13.8. The molecule has 3 rings (SSSR count). The molecule has 0 aromatic heterocycles. The van der Waals surface area contributed by atoms with E-state index in [2.05, 4.69) is 9.69 Å². The number of halogens is 5. The van der Waals surface area contributed by atoms with Gasteiger partial charge in [0.25, 0.3) is 11.4 Å². The van der Waals surface area contributed by atoms with Gasteiger partial charge in [0.05, 0.1) is 35.9 Å². The van der Waals surface area contributed by atoms with Crippen LogP contribution in [0.1, 0.15) is 11.1 Å². The van der Waals surface area contributed by atoms with Crippen molar-refractivity contribution in [2.45, 2.75) is 0 Å². The second-order valence-corrected chi connectivity index (χ2v) is 6.72. The fourth-order valence-electron chi connectivity index (χ4n) is 3.26. The van der Waals surface area contributed by atoms with Gasteiger partial charge in [0.2, 0.25) is 0 Å². The van der Waals surface area contributed by atoms with Gasteiger partial charge >= 0.3 is 0 Å². The number of rotatable bonds is 2. The van der Waals surface area contributed by atoms with Gasteiger partial charge in [0.15, 0.2) is 23.3 Å². The van der Waals surface area contributed by atoms with Crippen LogP contribution in [-0.2, 0) is 0 Å². The molecule has 5 nitrogen and oxygen atoms in total. The molecule has 0 aliphatic heterocycles. The Bertz CT molecular complexity index is 1710. The van der Waals surface area contributed by atoms with Gasteiger partial charge in [-0.25, -0.2) is 36.9 Å². The van der Waals surface area contributed by atoms with Crippen LogP contribution < -0.4 is 10.4 Å². The number of nitriles is 3. The van der Waals surface area contributed by atoms with Crippen LogP contribution in [-0.4, -0.2) is 0 Å². The molecule has 0 amide bonds. The molecule has 3 aromatic carbocycles. The molecule has 0 bridgehead atoms. The molecule has 0 saturated carbocycles. The van der Waals surface area contributed by atoms with E-state index in [9.17, 15) is 32.5 Å². The molecule has 0 aliphatic carbocycles. The van der Waals surface area contributed by atoms with Crippen molar-refractivity contribution in [2.75, 3.05) is 0 Å². The summed E-state index contributed by atoms with van der Waals surface area (Å²) in [4.78, 5) is 5.48. The van der Waals surface area contributed by atoms with Crippen LogP contribution >= 0.6 is 0 Å². The third-order valence-corrected chi connectivity index (χ3v) is 4.89. The zero-order valence-corrected chi connectivity index (χ0v) is 17.1. The van der Waals surface area contributed by atoms with Crippen LogP contribution in [0, 0.1) is 76.2 Å². The quantitative estimate of drug-likeness (QED) is 0.308. The van der Waals surface area contributed by atoms with E-state index in [0.29, 0.717) is 0 Å². The molecule has 0 spiro atoms. The third-order valence-electron chi connectivity index (χ3n) is 4.89. The molecular formula is C25H6F5N5. The van der Waals surface area contributed by atoms with Crippen LogP contribution in [0.3, 0.4) is 0 Å². The molecule has 0 saturated heterocycles. The summed E-state index contributed by atoms with van der Waals surface area (Å²) in [5.41, 5.74) is -4.73.